The van der Waals surface area contributed by atoms with E-state index in [0.29, 0.717) is 18.9 Å². The average molecular weight is 294 g/mol. The van der Waals surface area contributed by atoms with Crippen molar-refractivity contribution in [1.29, 1.82) is 0 Å². The quantitative estimate of drug-likeness (QED) is 0.642. The summed E-state index contributed by atoms with van der Waals surface area (Å²) in [4.78, 5) is 12.5. The molecule has 0 radical (unpaired) electrons. The number of allylic oxidation sites excluding steroid dienone is 1. The van der Waals surface area contributed by atoms with Gasteiger partial charge in [0.1, 0.15) is 5.54 Å². The zero-order valence-electron chi connectivity index (χ0n) is 13.9. The molecule has 0 aromatic rings. The minimum Gasteiger partial charge on any atom is -0.464 e. The van der Waals surface area contributed by atoms with Crippen molar-refractivity contribution >= 4 is 5.97 Å². The van der Waals surface area contributed by atoms with Crippen molar-refractivity contribution in [1.82, 2.24) is 10.6 Å². The highest BCUT2D eigenvalue weighted by atomic mass is 16.5. The van der Waals surface area contributed by atoms with Crippen molar-refractivity contribution in [3.63, 3.8) is 0 Å². The third-order valence-electron chi connectivity index (χ3n) is 4.28. The number of ether oxygens (including phenoxy) is 1. The van der Waals surface area contributed by atoms with Gasteiger partial charge in [0.15, 0.2) is 0 Å². The van der Waals surface area contributed by atoms with Crippen LogP contribution in [-0.2, 0) is 9.53 Å². The maximum atomic E-state index is 12.5. The molecule has 21 heavy (non-hydrogen) atoms. The van der Waals surface area contributed by atoms with Gasteiger partial charge < -0.3 is 15.4 Å². The van der Waals surface area contributed by atoms with Crippen LogP contribution in [-0.4, -0.2) is 32.2 Å². The van der Waals surface area contributed by atoms with Crippen LogP contribution in [0.5, 0.6) is 0 Å². The Morgan fingerprint density at radius 2 is 2.19 bits per heavy atom. The Hall–Kier alpha value is -1.29. The van der Waals surface area contributed by atoms with E-state index in [4.69, 9.17) is 4.74 Å². The molecule has 0 aromatic heterocycles. The fraction of sp³-hybridized carbons (Fsp3) is 0.706. The lowest BCUT2D eigenvalue weighted by Crippen LogP contribution is -2.50. The zero-order valence-corrected chi connectivity index (χ0v) is 13.9. The molecule has 0 amide bonds. The van der Waals surface area contributed by atoms with Gasteiger partial charge in [-0.25, -0.2) is 4.79 Å². The Morgan fingerprint density at radius 1 is 1.43 bits per heavy atom. The number of carbonyl (C=O) groups excluding carboxylic acids is 1. The molecule has 1 aliphatic carbocycles. The van der Waals surface area contributed by atoms with Gasteiger partial charge in [0.25, 0.3) is 0 Å². The van der Waals surface area contributed by atoms with Crippen molar-refractivity contribution in [2.45, 2.75) is 51.5 Å². The molecular formula is C17H30N2O2. The number of rotatable bonds is 9. The molecule has 4 heteroatoms. The summed E-state index contributed by atoms with van der Waals surface area (Å²) in [5.74, 6) is 0.293. The van der Waals surface area contributed by atoms with Crippen LogP contribution >= 0.6 is 0 Å². The summed E-state index contributed by atoms with van der Waals surface area (Å²) in [6.07, 6.45) is 11.0. The van der Waals surface area contributed by atoms with Gasteiger partial charge in [-0.2, -0.15) is 0 Å². The lowest BCUT2D eigenvalue weighted by Gasteiger charge is -2.30. The minimum atomic E-state index is -0.719. The number of unbranched alkanes of at least 4 members (excludes halogenated alkanes) is 1. The lowest BCUT2D eigenvalue weighted by molar-refractivity contribution is -0.150. The van der Waals surface area contributed by atoms with E-state index in [9.17, 15) is 4.79 Å². The van der Waals surface area contributed by atoms with Crippen LogP contribution in [0.3, 0.4) is 0 Å². The fourth-order valence-electron chi connectivity index (χ4n) is 2.48. The minimum absolute atomic E-state index is 0.178. The van der Waals surface area contributed by atoms with E-state index in [-0.39, 0.29) is 5.97 Å². The summed E-state index contributed by atoms with van der Waals surface area (Å²) in [5.41, 5.74) is 0.312. The van der Waals surface area contributed by atoms with E-state index in [1.807, 2.05) is 25.3 Å². The zero-order chi connectivity index (χ0) is 15.7. The first kappa shape index (κ1) is 17.8. The standard InChI is InChI=1S/C17H30N2O2/c1-5-7-8-14(6-2)13-21-16(20)17(19-4)11-9-15(18-3)10-12-17/h9-11,14,18-19H,5-8,12-13H2,1-4H3. The molecule has 0 saturated heterocycles. The summed E-state index contributed by atoms with van der Waals surface area (Å²) in [6.45, 7) is 4.87. The first-order chi connectivity index (χ1) is 10.1. The monoisotopic (exact) mass is 294 g/mol. The molecule has 2 unspecified atom stereocenters. The molecule has 0 aliphatic heterocycles. The summed E-state index contributed by atoms with van der Waals surface area (Å²) in [5, 5.41) is 6.19. The first-order valence-electron chi connectivity index (χ1n) is 8.05. The van der Waals surface area contributed by atoms with Crippen LogP contribution in [0, 0.1) is 5.92 Å². The molecule has 0 aromatic carbocycles. The van der Waals surface area contributed by atoms with E-state index in [1.54, 1.807) is 7.05 Å². The molecule has 1 aliphatic rings. The summed E-state index contributed by atoms with van der Waals surface area (Å²) >= 11 is 0. The molecule has 0 heterocycles. The number of likely N-dealkylation sites (N-methyl/N-ethyl adjacent to an activating group) is 2. The second-order valence-electron chi connectivity index (χ2n) is 5.68. The number of esters is 1. The molecule has 2 N–H and O–H groups in total. The summed E-state index contributed by atoms with van der Waals surface area (Å²) in [7, 11) is 3.68. The maximum absolute atomic E-state index is 12.5. The Morgan fingerprint density at radius 3 is 2.67 bits per heavy atom. The van der Waals surface area contributed by atoms with Crippen LogP contribution in [0.1, 0.15) is 46.0 Å². The van der Waals surface area contributed by atoms with Crippen molar-refractivity contribution < 1.29 is 9.53 Å². The van der Waals surface area contributed by atoms with Gasteiger partial charge in [-0.05, 0) is 25.5 Å². The van der Waals surface area contributed by atoms with E-state index in [2.05, 4.69) is 24.5 Å². The van der Waals surface area contributed by atoms with Gasteiger partial charge in [0.05, 0.1) is 6.61 Å². The van der Waals surface area contributed by atoms with E-state index >= 15 is 0 Å². The van der Waals surface area contributed by atoms with Gasteiger partial charge in [-0.3, -0.25) is 0 Å². The largest absolute Gasteiger partial charge is 0.464 e. The Balaban J connectivity index is 2.57. The lowest BCUT2D eigenvalue weighted by atomic mass is 9.90. The molecular weight excluding hydrogens is 264 g/mol. The van der Waals surface area contributed by atoms with Crippen LogP contribution in [0.4, 0.5) is 0 Å². The van der Waals surface area contributed by atoms with E-state index in [0.717, 1.165) is 18.5 Å². The van der Waals surface area contributed by atoms with Crippen LogP contribution in [0.15, 0.2) is 23.9 Å². The van der Waals surface area contributed by atoms with Crippen molar-refractivity contribution in [3.05, 3.63) is 23.9 Å². The molecule has 120 valence electrons. The second-order valence-corrected chi connectivity index (χ2v) is 5.68. The van der Waals surface area contributed by atoms with Crippen LogP contribution < -0.4 is 10.6 Å². The Bertz CT molecular complexity index is 390. The van der Waals surface area contributed by atoms with Crippen molar-refractivity contribution in [2.75, 3.05) is 20.7 Å². The predicted molar refractivity (Wildman–Crippen MR) is 87.0 cm³/mol. The average Bonchev–Trinajstić information content (AvgIpc) is 2.54. The fourth-order valence-corrected chi connectivity index (χ4v) is 2.48. The molecule has 0 saturated carbocycles. The highest BCUT2D eigenvalue weighted by Crippen LogP contribution is 2.22. The topological polar surface area (TPSA) is 50.4 Å². The summed E-state index contributed by atoms with van der Waals surface area (Å²) in [6, 6.07) is 0. The van der Waals surface area contributed by atoms with Gasteiger partial charge in [0, 0.05) is 19.2 Å². The van der Waals surface area contributed by atoms with Gasteiger partial charge in [-0.1, -0.05) is 45.3 Å². The van der Waals surface area contributed by atoms with Gasteiger partial charge in [0.2, 0.25) is 0 Å². The highest BCUT2D eigenvalue weighted by Gasteiger charge is 2.36. The molecule has 0 bridgehead atoms. The molecule has 1 rings (SSSR count). The van der Waals surface area contributed by atoms with E-state index < -0.39 is 5.54 Å². The molecule has 2 atom stereocenters. The van der Waals surface area contributed by atoms with Crippen LogP contribution in [0.25, 0.3) is 0 Å². The molecule has 0 spiro atoms. The SMILES string of the molecule is CCCCC(CC)COC(=O)C1(NC)C=CC(NC)=CC1. The van der Waals surface area contributed by atoms with Gasteiger partial charge in [-0.15, -0.1) is 0 Å². The molecule has 4 nitrogen and oxygen atoms in total. The van der Waals surface area contributed by atoms with Gasteiger partial charge >= 0.3 is 5.97 Å². The van der Waals surface area contributed by atoms with Crippen molar-refractivity contribution in [2.24, 2.45) is 5.92 Å². The second kappa shape index (κ2) is 8.88. The van der Waals surface area contributed by atoms with Crippen LogP contribution in [0.2, 0.25) is 0 Å². The summed E-state index contributed by atoms with van der Waals surface area (Å²) < 4.78 is 5.59. The normalized spacial score (nSPS) is 22.6. The smallest absolute Gasteiger partial charge is 0.330 e. The maximum Gasteiger partial charge on any atom is 0.330 e. The Kier molecular flexibility index (Phi) is 7.51. The Labute approximate surface area is 129 Å². The predicted octanol–water partition coefficient (Wildman–Crippen LogP) is 2.77. The number of carbonyl (C=O) groups is 1. The third-order valence-corrected chi connectivity index (χ3v) is 4.28. The number of nitrogens with one attached hydrogen (secondary N) is 2. The van der Waals surface area contributed by atoms with Crippen molar-refractivity contribution in [3.8, 4) is 0 Å². The third kappa shape index (κ3) is 4.88. The first-order valence-corrected chi connectivity index (χ1v) is 8.05. The molecule has 0 fully saturated rings. The van der Waals surface area contributed by atoms with E-state index in [1.165, 1.54) is 12.8 Å². The number of hydrogen-bond acceptors (Lipinski definition) is 4. The highest BCUT2D eigenvalue weighted by molar-refractivity contribution is 5.84. The number of hydrogen-bond donors (Lipinski definition) is 2.